The van der Waals surface area contributed by atoms with Crippen LogP contribution in [0.1, 0.15) is 46.6 Å². The van der Waals surface area contributed by atoms with Gasteiger partial charge in [-0.05, 0) is 24.1 Å². The van der Waals surface area contributed by atoms with E-state index in [9.17, 15) is 9.59 Å². The fourth-order valence-corrected chi connectivity index (χ4v) is 3.32. The summed E-state index contributed by atoms with van der Waals surface area (Å²) in [4.78, 5) is 31.4. The van der Waals surface area contributed by atoms with Crippen LogP contribution >= 0.6 is 11.3 Å². The van der Waals surface area contributed by atoms with Crippen LogP contribution in [0.4, 0.5) is 5.13 Å². The molecule has 0 aliphatic carbocycles. The summed E-state index contributed by atoms with van der Waals surface area (Å²) in [5.74, 6) is 0.665. The zero-order chi connectivity index (χ0) is 19.9. The number of amides is 1. The third kappa shape index (κ3) is 5.23. The Hall–Kier alpha value is -3.07. The molecule has 3 rings (SSSR count). The zero-order valence-electron chi connectivity index (χ0n) is 15.7. The SMILES string of the molecule is CCCCc1nnc(NC(=O)c2cc(=O)[nH]c(Cc3ccc(OC)cc3)n2)s1. The van der Waals surface area contributed by atoms with Gasteiger partial charge in [-0.3, -0.25) is 14.9 Å². The molecule has 0 fully saturated rings. The van der Waals surface area contributed by atoms with E-state index in [1.54, 1.807) is 7.11 Å². The summed E-state index contributed by atoms with van der Waals surface area (Å²) in [5, 5.41) is 12.0. The molecule has 0 atom stereocenters. The number of aromatic nitrogens is 4. The zero-order valence-corrected chi connectivity index (χ0v) is 16.5. The lowest BCUT2D eigenvalue weighted by molar-refractivity contribution is 0.102. The van der Waals surface area contributed by atoms with E-state index < -0.39 is 5.91 Å². The Bertz CT molecular complexity index is 997. The van der Waals surface area contributed by atoms with Crippen molar-refractivity contribution in [3.05, 3.63) is 62.8 Å². The molecular formula is C19H21N5O3S. The Balaban J connectivity index is 1.71. The third-order valence-electron chi connectivity index (χ3n) is 3.99. The normalized spacial score (nSPS) is 10.6. The molecular weight excluding hydrogens is 378 g/mol. The van der Waals surface area contributed by atoms with E-state index in [2.05, 4.69) is 32.4 Å². The lowest BCUT2D eigenvalue weighted by Crippen LogP contribution is -2.20. The summed E-state index contributed by atoms with van der Waals surface area (Å²) >= 11 is 1.33. The van der Waals surface area contributed by atoms with Gasteiger partial charge in [0.1, 0.15) is 22.3 Å². The largest absolute Gasteiger partial charge is 0.497 e. The monoisotopic (exact) mass is 399 g/mol. The maximum Gasteiger partial charge on any atom is 0.276 e. The number of hydrogen-bond acceptors (Lipinski definition) is 7. The van der Waals surface area contributed by atoms with E-state index >= 15 is 0 Å². The molecule has 0 aliphatic heterocycles. The van der Waals surface area contributed by atoms with Gasteiger partial charge in [-0.15, -0.1) is 10.2 Å². The van der Waals surface area contributed by atoms with Crippen LogP contribution in [0.3, 0.4) is 0 Å². The fraction of sp³-hybridized carbons (Fsp3) is 0.316. The molecule has 1 aromatic carbocycles. The van der Waals surface area contributed by atoms with Gasteiger partial charge in [0.15, 0.2) is 0 Å². The predicted molar refractivity (Wildman–Crippen MR) is 107 cm³/mol. The smallest absolute Gasteiger partial charge is 0.276 e. The van der Waals surface area contributed by atoms with E-state index in [1.165, 1.54) is 17.4 Å². The first-order chi connectivity index (χ1) is 13.6. The number of H-pyrrole nitrogens is 1. The third-order valence-corrected chi connectivity index (χ3v) is 4.88. The standard InChI is InChI=1S/C19H21N5O3S/c1-3-4-5-17-23-24-19(28-17)22-18(26)14-11-16(25)21-15(20-14)10-12-6-8-13(27-2)9-7-12/h6-9,11H,3-5,10H2,1-2H3,(H,20,21,25)(H,22,24,26). The number of methoxy groups -OCH3 is 1. The highest BCUT2D eigenvalue weighted by atomic mass is 32.1. The molecule has 0 saturated carbocycles. The highest BCUT2D eigenvalue weighted by Crippen LogP contribution is 2.18. The Labute approximate surface area is 166 Å². The van der Waals surface area contributed by atoms with Crippen LogP contribution in [0.25, 0.3) is 0 Å². The van der Waals surface area contributed by atoms with Crippen molar-refractivity contribution in [2.75, 3.05) is 12.4 Å². The number of hydrogen-bond donors (Lipinski definition) is 2. The summed E-state index contributed by atoms with van der Waals surface area (Å²) in [6.07, 6.45) is 3.31. The van der Waals surface area contributed by atoms with Crippen molar-refractivity contribution in [2.45, 2.75) is 32.6 Å². The molecule has 0 bridgehead atoms. The number of nitrogens with zero attached hydrogens (tertiary/aromatic N) is 3. The molecule has 146 valence electrons. The lowest BCUT2D eigenvalue weighted by Gasteiger charge is -2.05. The van der Waals surface area contributed by atoms with Gasteiger partial charge in [0.05, 0.1) is 7.11 Å². The minimum Gasteiger partial charge on any atom is -0.497 e. The van der Waals surface area contributed by atoms with E-state index in [4.69, 9.17) is 4.74 Å². The summed E-state index contributed by atoms with van der Waals surface area (Å²) < 4.78 is 5.13. The van der Waals surface area contributed by atoms with Crippen LogP contribution < -0.4 is 15.6 Å². The first kappa shape index (κ1) is 19.7. The number of carbonyl (C=O) groups is 1. The van der Waals surface area contributed by atoms with Crippen LogP contribution in [0.2, 0.25) is 0 Å². The highest BCUT2D eigenvalue weighted by Gasteiger charge is 2.14. The molecule has 2 N–H and O–H groups in total. The van der Waals surface area contributed by atoms with E-state index in [1.807, 2.05) is 24.3 Å². The molecule has 1 amide bonds. The van der Waals surface area contributed by atoms with Crippen molar-refractivity contribution in [3.63, 3.8) is 0 Å². The average molecular weight is 399 g/mol. The lowest BCUT2D eigenvalue weighted by atomic mass is 10.1. The number of aromatic amines is 1. The summed E-state index contributed by atoms with van der Waals surface area (Å²) in [6.45, 7) is 2.10. The van der Waals surface area contributed by atoms with Crippen LogP contribution in [-0.4, -0.2) is 33.2 Å². The number of unbranched alkanes of at least 4 members (excludes halogenated alkanes) is 1. The van der Waals surface area contributed by atoms with Crippen molar-refractivity contribution >= 4 is 22.4 Å². The minimum atomic E-state index is -0.486. The molecule has 0 saturated heterocycles. The molecule has 0 aliphatic rings. The van der Waals surface area contributed by atoms with Gasteiger partial charge in [-0.1, -0.05) is 36.8 Å². The summed E-state index contributed by atoms with van der Waals surface area (Å²) in [6, 6.07) is 8.59. The number of benzene rings is 1. The quantitative estimate of drug-likeness (QED) is 0.603. The van der Waals surface area contributed by atoms with Crippen LogP contribution in [0.5, 0.6) is 5.75 Å². The van der Waals surface area contributed by atoms with Gasteiger partial charge in [-0.25, -0.2) is 4.98 Å². The minimum absolute atomic E-state index is 0.0394. The van der Waals surface area contributed by atoms with Gasteiger partial charge >= 0.3 is 0 Å². The van der Waals surface area contributed by atoms with Gasteiger partial charge in [0, 0.05) is 18.9 Å². The second kappa shape index (κ2) is 9.23. The summed E-state index contributed by atoms with van der Waals surface area (Å²) in [5.41, 5.74) is 0.591. The Morgan fingerprint density at radius 2 is 2.04 bits per heavy atom. The molecule has 9 heteroatoms. The number of anilines is 1. The van der Waals surface area contributed by atoms with Crippen molar-refractivity contribution in [1.82, 2.24) is 20.2 Å². The van der Waals surface area contributed by atoms with Gasteiger partial charge < -0.3 is 9.72 Å². The van der Waals surface area contributed by atoms with Crippen molar-refractivity contribution < 1.29 is 9.53 Å². The highest BCUT2D eigenvalue weighted by molar-refractivity contribution is 7.15. The van der Waals surface area contributed by atoms with Crippen LogP contribution in [0.15, 0.2) is 35.1 Å². The van der Waals surface area contributed by atoms with Gasteiger partial charge in [-0.2, -0.15) is 0 Å². The Kier molecular flexibility index (Phi) is 6.49. The number of rotatable bonds is 8. The fourth-order valence-electron chi connectivity index (χ4n) is 2.54. The van der Waals surface area contributed by atoms with Crippen molar-refractivity contribution in [3.8, 4) is 5.75 Å². The van der Waals surface area contributed by atoms with Crippen LogP contribution in [0, 0.1) is 0 Å². The molecule has 0 radical (unpaired) electrons. The predicted octanol–water partition coefficient (Wildman–Crippen LogP) is 2.82. The summed E-state index contributed by atoms with van der Waals surface area (Å²) in [7, 11) is 1.60. The second-order valence-corrected chi connectivity index (χ2v) is 7.22. The second-order valence-electron chi connectivity index (χ2n) is 6.16. The molecule has 0 unspecified atom stereocenters. The van der Waals surface area contributed by atoms with Gasteiger partial charge in [0.25, 0.3) is 11.5 Å². The van der Waals surface area contributed by atoms with Crippen molar-refractivity contribution in [2.24, 2.45) is 0 Å². The molecule has 3 aromatic rings. The number of carbonyl (C=O) groups excluding carboxylic acids is 1. The molecule has 8 nitrogen and oxygen atoms in total. The topological polar surface area (TPSA) is 110 Å². The molecule has 2 heterocycles. The van der Waals surface area contributed by atoms with Crippen LogP contribution in [-0.2, 0) is 12.8 Å². The molecule has 0 spiro atoms. The maximum absolute atomic E-state index is 12.5. The Morgan fingerprint density at radius 1 is 1.25 bits per heavy atom. The maximum atomic E-state index is 12.5. The number of ether oxygens (including phenoxy) is 1. The van der Waals surface area contributed by atoms with E-state index in [0.717, 1.165) is 35.6 Å². The van der Waals surface area contributed by atoms with E-state index in [-0.39, 0.29) is 11.3 Å². The first-order valence-electron chi connectivity index (χ1n) is 8.94. The first-order valence-corrected chi connectivity index (χ1v) is 9.76. The van der Waals surface area contributed by atoms with E-state index in [0.29, 0.717) is 17.4 Å². The average Bonchev–Trinajstić information content (AvgIpc) is 3.13. The molecule has 28 heavy (non-hydrogen) atoms. The van der Waals surface area contributed by atoms with Crippen molar-refractivity contribution in [1.29, 1.82) is 0 Å². The van der Waals surface area contributed by atoms with Gasteiger partial charge in [0.2, 0.25) is 5.13 Å². The molecule has 2 aromatic heterocycles. The number of nitrogens with one attached hydrogen (secondary N) is 2. The number of aryl methyl sites for hydroxylation is 1. The Morgan fingerprint density at radius 3 is 2.75 bits per heavy atom.